The van der Waals surface area contributed by atoms with Gasteiger partial charge in [0.15, 0.2) is 11.5 Å². The van der Waals surface area contributed by atoms with Crippen LogP contribution in [-0.2, 0) is 13.1 Å². The third-order valence-electron chi connectivity index (χ3n) is 2.92. The van der Waals surface area contributed by atoms with E-state index in [0.29, 0.717) is 32.1 Å². The van der Waals surface area contributed by atoms with Crippen molar-refractivity contribution in [1.82, 2.24) is 5.32 Å². The second-order valence-corrected chi connectivity index (χ2v) is 5.47. The minimum Gasteiger partial charge on any atom is -0.490 e. The van der Waals surface area contributed by atoms with E-state index in [-0.39, 0.29) is 0 Å². The van der Waals surface area contributed by atoms with Crippen molar-refractivity contribution in [1.29, 1.82) is 0 Å². The summed E-state index contributed by atoms with van der Waals surface area (Å²) in [6.45, 7) is 8.03. The summed E-state index contributed by atoms with van der Waals surface area (Å²) in [4.78, 5) is 0. The van der Waals surface area contributed by atoms with E-state index in [2.05, 4.69) is 27.8 Å². The van der Waals surface area contributed by atoms with Crippen LogP contribution in [0, 0.1) is 0 Å². The molecule has 0 saturated heterocycles. The largest absolute Gasteiger partial charge is 0.490 e. The number of rotatable bonds is 9. The summed E-state index contributed by atoms with van der Waals surface area (Å²) in [6, 6.07) is 7.84. The first kappa shape index (κ1) is 16.6. The first-order valence-corrected chi connectivity index (χ1v) is 7.96. The molecule has 2 rings (SSSR count). The Morgan fingerprint density at radius 3 is 2.86 bits per heavy atom. The Morgan fingerprint density at radius 2 is 2.18 bits per heavy atom. The second kappa shape index (κ2) is 8.66. The maximum atomic E-state index is 5.67. The third kappa shape index (κ3) is 4.64. The molecule has 0 spiro atoms. The minimum absolute atomic E-state index is 0.439. The third-order valence-corrected chi connectivity index (χ3v) is 3.51. The van der Waals surface area contributed by atoms with Crippen LogP contribution in [0.1, 0.15) is 18.2 Å². The van der Waals surface area contributed by atoms with Crippen molar-refractivity contribution in [3.63, 3.8) is 0 Å². The van der Waals surface area contributed by atoms with Crippen LogP contribution in [0.2, 0.25) is 0 Å². The van der Waals surface area contributed by atoms with Crippen molar-refractivity contribution in [3.8, 4) is 11.5 Å². The van der Waals surface area contributed by atoms with Gasteiger partial charge in [0, 0.05) is 6.54 Å². The number of nitrogens with one attached hydrogen (secondary N) is 1. The molecular weight excluding hydrogens is 346 g/mol. The van der Waals surface area contributed by atoms with Crippen molar-refractivity contribution in [2.45, 2.75) is 20.0 Å². The number of benzene rings is 1. The predicted molar refractivity (Wildman–Crippen MR) is 90.3 cm³/mol. The minimum atomic E-state index is 0.439. The molecule has 118 valence electrons. The first-order valence-electron chi connectivity index (χ1n) is 7.16. The van der Waals surface area contributed by atoms with Crippen LogP contribution in [0.5, 0.6) is 11.5 Å². The maximum absolute atomic E-state index is 5.67. The highest BCUT2D eigenvalue weighted by atomic mass is 79.9. The van der Waals surface area contributed by atoms with E-state index >= 15 is 0 Å². The SMILES string of the molecule is C=CCOc1c(Br)cc(CNCc2ccco2)cc1OCC. The van der Waals surface area contributed by atoms with Crippen LogP contribution in [0.25, 0.3) is 0 Å². The van der Waals surface area contributed by atoms with Gasteiger partial charge in [0.1, 0.15) is 12.4 Å². The van der Waals surface area contributed by atoms with E-state index < -0.39 is 0 Å². The van der Waals surface area contributed by atoms with Crippen molar-refractivity contribution in [3.05, 3.63) is 59.0 Å². The van der Waals surface area contributed by atoms with Crippen molar-refractivity contribution < 1.29 is 13.9 Å². The average Bonchev–Trinajstić information content (AvgIpc) is 3.00. The highest BCUT2D eigenvalue weighted by Gasteiger charge is 2.12. The summed E-state index contributed by atoms with van der Waals surface area (Å²) in [5, 5.41) is 3.34. The van der Waals surface area contributed by atoms with Crippen LogP contribution in [0.15, 0.2) is 52.1 Å². The molecule has 0 fully saturated rings. The topological polar surface area (TPSA) is 43.6 Å². The lowest BCUT2D eigenvalue weighted by molar-refractivity contribution is 0.295. The molecular formula is C17H20BrNO3. The van der Waals surface area contributed by atoms with Gasteiger partial charge in [0.2, 0.25) is 0 Å². The molecule has 0 radical (unpaired) electrons. The molecule has 5 heteroatoms. The van der Waals surface area contributed by atoms with Crippen LogP contribution in [-0.4, -0.2) is 13.2 Å². The number of hydrogen-bond donors (Lipinski definition) is 1. The molecule has 0 amide bonds. The molecule has 1 heterocycles. The molecule has 0 aliphatic heterocycles. The molecule has 0 bridgehead atoms. The van der Waals surface area contributed by atoms with Crippen molar-refractivity contribution in [2.75, 3.05) is 13.2 Å². The summed E-state index contributed by atoms with van der Waals surface area (Å²) < 4.78 is 17.5. The number of halogens is 1. The molecule has 4 nitrogen and oxygen atoms in total. The summed E-state index contributed by atoms with van der Waals surface area (Å²) in [5.74, 6) is 2.35. The zero-order chi connectivity index (χ0) is 15.8. The molecule has 0 aliphatic carbocycles. The van der Waals surface area contributed by atoms with Gasteiger partial charge in [-0.15, -0.1) is 0 Å². The number of furan rings is 1. The highest BCUT2D eigenvalue weighted by Crippen LogP contribution is 2.37. The smallest absolute Gasteiger partial charge is 0.175 e. The Hall–Kier alpha value is -1.72. The van der Waals surface area contributed by atoms with Crippen molar-refractivity contribution in [2.24, 2.45) is 0 Å². The summed E-state index contributed by atoms with van der Waals surface area (Å²) >= 11 is 3.54. The van der Waals surface area contributed by atoms with Crippen LogP contribution in [0.4, 0.5) is 0 Å². The molecule has 0 aliphatic rings. The van der Waals surface area contributed by atoms with E-state index in [1.807, 2.05) is 31.2 Å². The van der Waals surface area contributed by atoms with Gasteiger partial charge in [0.25, 0.3) is 0 Å². The van der Waals surface area contributed by atoms with Gasteiger partial charge in [-0.3, -0.25) is 0 Å². The standard InChI is InChI=1S/C17H20BrNO3/c1-3-7-22-17-15(18)9-13(10-16(17)20-4-2)11-19-12-14-6-5-8-21-14/h3,5-6,8-10,19H,1,4,7,11-12H2,2H3. The normalized spacial score (nSPS) is 10.5. The average molecular weight is 366 g/mol. The number of ether oxygens (including phenoxy) is 2. The monoisotopic (exact) mass is 365 g/mol. The summed E-state index contributed by atoms with van der Waals surface area (Å²) in [7, 11) is 0. The second-order valence-electron chi connectivity index (χ2n) is 4.62. The zero-order valence-corrected chi connectivity index (χ0v) is 14.2. The quantitative estimate of drug-likeness (QED) is 0.673. The van der Waals surface area contributed by atoms with Gasteiger partial charge in [-0.1, -0.05) is 12.7 Å². The summed E-state index contributed by atoms with van der Waals surface area (Å²) in [5.41, 5.74) is 1.10. The van der Waals surface area contributed by atoms with E-state index in [1.54, 1.807) is 12.3 Å². The first-order chi connectivity index (χ1) is 10.7. The van der Waals surface area contributed by atoms with E-state index in [0.717, 1.165) is 21.5 Å². The van der Waals surface area contributed by atoms with Gasteiger partial charge in [-0.2, -0.15) is 0 Å². The van der Waals surface area contributed by atoms with Gasteiger partial charge in [0.05, 0.1) is 23.9 Å². The fraction of sp³-hybridized carbons (Fsp3) is 0.294. The molecule has 0 atom stereocenters. The lowest BCUT2D eigenvalue weighted by atomic mass is 10.2. The van der Waals surface area contributed by atoms with Gasteiger partial charge >= 0.3 is 0 Å². The molecule has 22 heavy (non-hydrogen) atoms. The Kier molecular flexibility index (Phi) is 6.55. The Morgan fingerprint density at radius 1 is 1.32 bits per heavy atom. The molecule has 1 N–H and O–H groups in total. The fourth-order valence-corrected chi connectivity index (χ4v) is 2.62. The van der Waals surface area contributed by atoms with Gasteiger partial charge in [-0.25, -0.2) is 0 Å². The Labute approximate surface area is 139 Å². The predicted octanol–water partition coefficient (Wildman–Crippen LogP) is 4.30. The molecule has 1 aromatic heterocycles. The fourth-order valence-electron chi connectivity index (χ4n) is 2.01. The summed E-state index contributed by atoms with van der Waals surface area (Å²) in [6.07, 6.45) is 3.38. The lowest BCUT2D eigenvalue weighted by Crippen LogP contribution is -2.12. The van der Waals surface area contributed by atoms with E-state index in [1.165, 1.54) is 0 Å². The molecule has 2 aromatic rings. The van der Waals surface area contributed by atoms with Crippen LogP contribution < -0.4 is 14.8 Å². The molecule has 0 unspecified atom stereocenters. The van der Waals surface area contributed by atoms with E-state index in [9.17, 15) is 0 Å². The lowest BCUT2D eigenvalue weighted by Gasteiger charge is -2.15. The van der Waals surface area contributed by atoms with Gasteiger partial charge in [-0.05, 0) is 52.7 Å². The van der Waals surface area contributed by atoms with E-state index in [4.69, 9.17) is 13.9 Å². The Bertz CT molecular complexity index is 596. The number of hydrogen-bond acceptors (Lipinski definition) is 4. The zero-order valence-electron chi connectivity index (χ0n) is 12.6. The van der Waals surface area contributed by atoms with Crippen LogP contribution in [0.3, 0.4) is 0 Å². The molecule has 1 aromatic carbocycles. The van der Waals surface area contributed by atoms with Crippen molar-refractivity contribution >= 4 is 15.9 Å². The maximum Gasteiger partial charge on any atom is 0.175 e. The van der Waals surface area contributed by atoms with Gasteiger partial charge < -0.3 is 19.2 Å². The highest BCUT2D eigenvalue weighted by molar-refractivity contribution is 9.10. The Balaban J connectivity index is 2.05. The molecule has 0 saturated carbocycles. The van der Waals surface area contributed by atoms with Crippen LogP contribution >= 0.6 is 15.9 Å².